The monoisotopic (exact) mass is 214 g/mol. The molecule has 15 heavy (non-hydrogen) atoms. The largest absolute Gasteiger partial charge is 0.481 e. The third-order valence-corrected chi connectivity index (χ3v) is 3.79. The minimum Gasteiger partial charge on any atom is -0.481 e. The first-order chi connectivity index (χ1) is 6.74. The van der Waals surface area contributed by atoms with Gasteiger partial charge in [0.05, 0.1) is 6.42 Å². The summed E-state index contributed by atoms with van der Waals surface area (Å²) in [5, 5.41) is 8.87. The van der Waals surface area contributed by atoms with Gasteiger partial charge in [-0.1, -0.05) is 47.5 Å². The molecule has 1 atom stereocenters. The highest BCUT2D eigenvalue weighted by Crippen LogP contribution is 2.37. The van der Waals surface area contributed by atoms with E-state index < -0.39 is 5.97 Å². The highest BCUT2D eigenvalue weighted by Gasteiger charge is 2.28. The van der Waals surface area contributed by atoms with Gasteiger partial charge in [0.2, 0.25) is 0 Å². The number of rotatable bonds is 7. The molecule has 0 aromatic carbocycles. The van der Waals surface area contributed by atoms with E-state index in [1.165, 1.54) is 0 Å². The highest BCUT2D eigenvalue weighted by atomic mass is 16.4. The molecule has 0 saturated carbocycles. The maximum atomic E-state index is 10.8. The Hall–Kier alpha value is -0.530. The van der Waals surface area contributed by atoms with E-state index in [4.69, 9.17) is 5.11 Å². The number of carbonyl (C=O) groups is 1. The fourth-order valence-corrected chi connectivity index (χ4v) is 1.57. The lowest BCUT2D eigenvalue weighted by Gasteiger charge is -2.31. The minimum absolute atomic E-state index is 0.0295. The van der Waals surface area contributed by atoms with E-state index >= 15 is 0 Å². The molecule has 0 amide bonds. The van der Waals surface area contributed by atoms with E-state index in [0.717, 1.165) is 25.7 Å². The molecule has 0 spiro atoms. The van der Waals surface area contributed by atoms with E-state index in [1.54, 1.807) is 0 Å². The SMILES string of the molecule is CCC(C)(C)CCC(C)(CC)CC(=O)O. The van der Waals surface area contributed by atoms with Crippen LogP contribution in [0.15, 0.2) is 0 Å². The van der Waals surface area contributed by atoms with Gasteiger partial charge in [-0.15, -0.1) is 0 Å². The summed E-state index contributed by atoms with van der Waals surface area (Å²) < 4.78 is 0. The molecule has 1 unspecified atom stereocenters. The number of hydrogen-bond donors (Lipinski definition) is 1. The Labute approximate surface area is 94.1 Å². The van der Waals surface area contributed by atoms with Crippen LogP contribution in [-0.4, -0.2) is 11.1 Å². The quantitative estimate of drug-likeness (QED) is 0.693. The van der Waals surface area contributed by atoms with Crippen molar-refractivity contribution in [3.63, 3.8) is 0 Å². The van der Waals surface area contributed by atoms with Gasteiger partial charge in [-0.05, 0) is 23.7 Å². The van der Waals surface area contributed by atoms with Crippen molar-refractivity contribution in [3.8, 4) is 0 Å². The van der Waals surface area contributed by atoms with Gasteiger partial charge < -0.3 is 5.11 Å². The molecule has 1 N–H and O–H groups in total. The Bertz CT molecular complexity index is 209. The molecule has 0 heterocycles. The molecule has 0 aliphatic heterocycles. The lowest BCUT2D eigenvalue weighted by molar-refractivity contribution is -0.139. The van der Waals surface area contributed by atoms with Crippen LogP contribution in [0.2, 0.25) is 0 Å². The first-order valence-electron chi connectivity index (χ1n) is 5.96. The number of carboxylic acids is 1. The highest BCUT2D eigenvalue weighted by molar-refractivity contribution is 5.67. The lowest BCUT2D eigenvalue weighted by atomic mass is 9.74. The van der Waals surface area contributed by atoms with Crippen LogP contribution in [0, 0.1) is 10.8 Å². The molecule has 0 rings (SSSR count). The van der Waals surface area contributed by atoms with Crippen molar-refractivity contribution in [1.29, 1.82) is 0 Å². The average molecular weight is 214 g/mol. The molecule has 0 aromatic heterocycles. The second kappa shape index (κ2) is 5.53. The van der Waals surface area contributed by atoms with Crippen molar-refractivity contribution in [2.75, 3.05) is 0 Å². The van der Waals surface area contributed by atoms with E-state index in [2.05, 4.69) is 34.6 Å². The van der Waals surface area contributed by atoms with Crippen LogP contribution < -0.4 is 0 Å². The van der Waals surface area contributed by atoms with E-state index in [0.29, 0.717) is 11.8 Å². The van der Waals surface area contributed by atoms with Crippen molar-refractivity contribution < 1.29 is 9.90 Å². The molecular weight excluding hydrogens is 188 g/mol. The smallest absolute Gasteiger partial charge is 0.303 e. The Morgan fingerprint density at radius 1 is 1.07 bits per heavy atom. The summed E-state index contributed by atoms with van der Waals surface area (Å²) in [6.45, 7) is 10.9. The molecule has 0 radical (unpaired) electrons. The Morgan fingerprint density at radius 3 is 1.93 bits per heavy atom. The van der Waals surface area contributed by atoms with E-state index in [9.17, 15) is 4.79 Å². The molecule has 0 saturated heterocycles. The fraction of sp³-hybridized carbons (Fsp3) is 0.923. The van der Waals surface area contributed by atoms with Crippen LogP contribution >= 0.6 is 0 Å². The molecule has 90 valence electrons. The predicted molar refractivity (Wildman–Crippen MR) is 64.0 cm³/mol. The molecule has 2 heteroatoms. The van der Waals surface area contributed by atoms with Crippen LogP contribution in [0.25, 0.3) is 0 Å². The summed E-state index contributed by atoms with van der Waals surface area (Å²) in [7, 11) is 0. The van der Waals surface area contributed by atoms with E-state index in [-0.39, 0.29) is 5.41 Å². The zero-order chi connectivity index (χ0) is 12.1. The predicted octanol–water partition coefficient (Wildman–Crippen LogP) is 4.09. The van der Waals surface area contributed by atoms with Gasteiger partial charge >= 0.3 is 5.97 Å². The van der Waals surface area contributed by atoms with Gasteiger partial charge in [-0.3, -0.25) is 4.79 Å². The van der Waals surface area contributed by atoms with Crippen LogP contribution in [0.1, 0.15) is 66.7 Å². The number of hydrogen-bond acceptors (Lipinski definition) is 1. The fourth-order valence-electron chi connectivity index (χ4n) is 1.57. The van der Waals surface area contributed by atoms with Crippen LogP contribution in [-0.2, 0) is 4.79 Å². The topological polar surface area (TPSA) is 37.3 Å². The van der Waals surface area contributed by atoms with Crippen molar-refractivity contribution >= 4 is 5.97 Å². The summed E-state index contributed by atoms with van der Waals surface area (Å²) in [6.07, 6.45) is 4.51. The Morgan fingerprint density at radius 2 is 1.60 bits per heavy atom. The summed E-state index contributed by atoms with van der Waals surface area (Å²) >= 11 is 0. The van der Waals surface area contributed by atoms with E-state index in [1.807, 2.05) is 0 Å². The summed E-state index contributed by atoms with van der Waals surface area (Å²) in [5.74, 6) is -0.673. The van der Waals surface area contributed by atoms with Crippen molar-refractivity contribution in [1.82, 2.24) is 0 Å². The molecule has 2 nitrogen and oxygen atoms in total. The number of carboxylic acid groups (broad SMARTS) is 1. The molecule has 0 fully saturated rings. The van der Waals surface area contributed by atoms with Crippen molar-refractivity contribution in [3.05, 3.63) is 0 Å². The maximum absolute atomic E-state index is 10.8. The van der Waals surface area contributed by atoms with Gasteiger partial charge in [-0.2, -0.15) is 0 Å². The zero-order valence-electron chi connectivity index (χ0n) is 10.9. The molecule has 0 aliphatic carbocycles. The lowest BCUT2D eigenvalue weighted by Crippen LogP contribution is -2.23. The third kappa shape index (κ3) is 5.81. The summed E-state index contributed by atoms with van der Waals surface area (Å²) in [6, 6.07) is 0. The zero-order valence-corrected chi connectivity index (χ0v) is 10.9. The van der Waals surface area contributed by atoms with Crippen LogP contribution in [0.4, 0.5) is 0 Å². The minimum atomic E-state index is -0.673. The molecular formula is C13H26O2. The van der Waals surface area contributed by atoms with Gasteiger partial charge in [0, 0.05) is 0 Å². The standard InChI is InChI=1S/C13H26O2/c1-6-12(3,4)8-9-13(5,7-2)10-11(14)15/h6-10H2,1-5H3,(H,14,15). The van der Waals surface area contributed by atoms with Gasteiger partial charge in [0.25, 0.3) is 0 Å². The van der Waals surface area contributed by atoms with Gasteiger partial charge in [0.1, 0.15) is 0 Å². The first-order valence-corrected chi connectivity index (χ1v) is 5.96. The first kappa shape index (κ1) is 14.5. The van der Waals surface area contributed by atoms with Crippen LogP contribution in [0.3, 0.4) is 0 Å². The normalized spacial score (nSPS) is 16.1. The molecule has 0 aliphatic rings. The third-order valence-electron chi connectivity index (χ3n) is 3.79. The average Bonchev–Trinajstić information content (AvgIpc) is 2.14. The van der Waals surface area contributed by atoms with Gasteiger partial charge in [0.15, 0.2) is 0 Å². The Balaban J connectivity index is 4.26. The summed E-state index contributed by atoms with van der Waals surface area (Å²) in [5.41, 5.74) is 0.313. The van der Waals surface area contributed by atoms with Crippen molar-refractivity contribution in [2.45, 2.75) is 66.7 Å². The van der Waals surface area contributed by atoms with Crippen LogP contribution in [0.5, 0.6) is 0 Å². The van der Waals surface area contributed by atoms with Crippen molar-refractivity contribution in [2.24, 2.45) is 10.8 Å². The Kier molecular flexibility index (Phi) is 5.33. The molecule has 0 aromatic rings. The maximum Gasteiger partial charge on any atom is 0.303 e. The summed E-state index contributed by atoms with van der Waals surface area (Å²) in [4.78, 5) is 10.8. The number of aliphatic carboxylic acids is 1. The van der Waals surface area contributed by atoms with Gasteiger partial charge in [-0.25, -0.2) is 0 Å². The second-order valence-electron chi connectivity index (χ2n) is 5.75. The molecule has 0 bridgehead atoms. The second-order valence-corrected chi connectivity index (χ2v) is 5.75.